The second kappa shape index (κ2) is 8.95. The van der Waals surface area contributed by atoms with Gasteiger partial charge >= 0.3 is 0 Å². The summed E-state index contributed by atoms with van der Waals surface area (Å²) in [6.07, 6.45) is 0.125. The molecule has 2 aromatic carbocycles. The highest BCUT2D eigenvalue weighted by Gasteiger charge is 2.19. The summed E-state index contributed by atoms with van der Waals surface area (Å²) in [6.45, 7) is 9.41. The van der Waals surface area contributed by atoms with Gasteiger partial charge in [0.2, 0.25) is 11.8 Å². The number of hydrogen-bond donors (Lipinski definition) is 2. The highest BCUT2D eigenvalue weighted by molar-refractivity contribution is 5.91. The Morgan fingerprint density at radius 2 is 1.57 bits per heavy atom. The number of rotatable bonds is 6. The normalized spacial score (nSPS) is 11.8. The quantitative estimate of drug-likeness (QED) is 0.643. The SMILES string of the molecule is CC(=O)NC(CC(=O)Nc1cc(C)nn1-c1cc(C)cc(C)c1)c1ccc(C)cc1. The molecule has 0 aliphatic carbocycles. The summed E-state index contributed by atoms with van der Waals surface area (Å²) in [7, 11) is 0. The van der Waals surface area contributed by atoms with Gasteiger partial charge in [-0.25, -0.2) is 4.68 Å². The molecule has 6 heteroatoms. The Hall–Kier alpha value is -3.41. The molecule has 3 aromatic rings. The van der Waals surface area contributed by atoms with Gasteiger partial charge in [0.25, 0.3) is 0 Å². The smallest absolute Gasteiger partial charge is 0.227 e. The molecule has 0 saturated heterocycles. The molecular weight excluding hydrogens is 376 g/mol. The molecule has 2 amide bonds. The van der Waals surface area contributed by atoms with Crippen molar-refractivity contribution in [2.45, 2.75) is 47.1 Å². The van der Waals surface area contributed by atoms with Crippen molar-refractivity contribution in [1.29, 1.82) is 0 Å². The zero-order chi connectivity index (χ0) is 21.8. The fourth-order valence-electron chi connectivity index (χ4n) is 3.53. The number of hydrogen-bond acceptors (Lipinski definition) is 3. The van der Waals surface area contributed by atoms with Gasteiger partial charge in [-0.2, -0.15) is 5.10 Å². The van der Waals surface area contributed by atoms with Crippen molar-refractivity contribution in [1.82, 2.24) is 15.1 Å². The summed E-state index contributed by atoms with van der Waals surface area (Å²) in [4.78, 5) is 24.6. The Bertz CT molecular complexity index is 1050. The summed E-state index contributed by atoms with van der Waals surface area (Å²) in [5.74, 6) is 0.234. The average Bonchev–Trinajstić information content (AvgIpc) is 3.00. The van der Waals surface area contributed by atoms with E-state index in [4.69, 9.17) is 0 Å². The van der Waals surface area contributed by atoms with Crippen molar-refractivity contribution in [3.05, 3.63) is 76.5 Å². The fraction of sp³-hybridized carbons (Fsp3) is 0.292. The topological polar surface area (TPSA) is 76.0 Å². The fourth-order valence-corrected chi connectivity index (χ4v) is 3.53. The highest BCUT2D eigenvalue weighted by Crippen LogP contribution is 2.22. The zero-order valence-electron chi connectivity index (χ0n) is 18.1. The van der Waals surface area contributed by atoms with Crippen LogP contribution in [0.1, 0.15) is 47.3 Å². The maximum absolute atomic E-state index is 12.9. The zero-order valence-corrected chi connectivity index (χ0v) is 18.1. The van der Waals surface area contributed by atoms with Crippen LogP contribution in [0.3, 0.4) is 0 Å². The Kier molecular flexibility index (Phi) is 6.35. The lowest BCUT2D eigenvalue weighted by molar-refractivity contribution is -0.120. The van der Waals surface area contributed by atoms with E-state index in [-0.39, 0.29) is 18.2 Å². The minimum absolute atomic E-state index is 0.125. The van der Waals surface area contributed by atoms with Crippen molar-refractivity contribution in [2.75, 3.05) is 5.32 Å². The van der Waals surface area contributed by atoms with Gasteiger partial charge in [0.1, 0.15) is 5.82 Å². The third-order valence-corrected chi connectivity index (χ3v) is 4.80. The van der Waals surface area contributed by atoms with Gasteiger partial charge in [-0.1, -0.05) is 35.9 Å². The maximum atomic E-state index is 12.9. The molecule has 0 spiro atoms. The first-order valence-electron chi connectivity index (χ1n) is 10.00. The first-order valence-corrected chi connectivity index (χ1v) is 10.00. The number of nitrogens with one attached hydrogen (secondary N) is 2. The van der Waals surface area contributed by atoms with Crippen LogP contribution in [-0.4, -0.2) is 21.6 Å². The number of anilines is 1. The van der Waals surface area contributed by atoms with E-state index in [9.17, 15) is 9.59 Å². The summed E-state index contributed by atoms with van der Waals surface area (Å²) in [5.41, 5.74) is 5.97. The van der Waals surface area contributed by atoms with E-state index in [1.54, 1.807) is 4.68 Å². The molecule has 0 saturated carbocycles. The van der Waals surface area contributed by atoms with E-state index in [2.05, 4.69) is 21.8 Å². The second-order valence-corrected chi connectivity index (χ2v) is 7.84. The van der Waals surface area contributed by atoms with Crippen LogP contribution in [0.5, 0.6) is 0 Å². The van der Waals surface area contributed by atoms with Gasteiger partial charge in [-0.05, 0) is 56.5 Å². The molecule has 0 aliphatic heterocycles. The second-order valence-electron chi connectivity index (χ2n) is 7.84. The van der Waals surface area contributed by atoms with Gasteiger partial charge in [0, 0.05) is 13.0 Å². The summed E-state index contributed by atoms with van der Waals surface area (Å²) in [5, 5.41) is 10.4. The third-order valence-electron chi connectivity index (χ3n) is 4.80. The number of amides is 2. The van der Waals surface area contributed by atoms with Crippen LogP contribution >= 0.6 is 0 Å². The van der Waals surface area contributed by atoms with Crippen LogP contribution in [0.2, 0.25) is 0 Å². The average molecular weight is 405 g/mol. The number of benzene rings is 2. The Labute approximate surface area is 177 Å². The van der Waals surface area contributed by atoms with Crippen molar-refractivity contribution < 1.29 is 9.59 Å². The largest absolute Gasteiger partial charge is 0.349 e. The first-order chi connectivity index (χ1) is 14.2. The van der Waals surface area contributed by atoms with E-state index < -0.39 is 6.04 Å². The molecule has 0 fully saturated rings. The lowest BCUT2D eigenvalue weighted by Crippen LogP contribution is -2.30. The van der Waals surface area contributed by atoms with Gasteiger partial charge < -0.3 is 10.6 Å². The van der Waals surface area contributed by atoms with Crippen LogP contribution < -0.4 is 10.6 Å². The minimum Gasteiger partial charge on any atom is -0.349 e. The predicted octanol–water partition coefficient (Wildman–Crippen LogP) is 4.31. The van der Waals surface area contributed by atoms with E-state index in [0.717, 1.165) is 33.6 Å². The molecule has 30 heavy (non-hydrogen) atoms. The summed E-state index contributed by atoms with van der Waals surface area (Å²) in [6, 6.07) is 15.4. The monoisotopic (exact) mass is 404 g/mol. The van der Waals surface area contributed by atoms with Gasteiger partial charge in [-0.15, -0.1) is 0 Å². The molecule has 1 unspecified atom stereocenters. The van der Waals surface area contributed by atoms with Crippen molar-refractivity contribution >= 4 is 17.6 Å². The van der Waals surface area contributed by atoms with Crippen LogP contribution in [0.15, 0.2) is 48.5 Å². The predicted molar refractivity (Wildman–Crippen MR) is 119 cm³/mol. The van der Waals surface area contributed by atoms with Crippen molar-refractivity contribution in [3.8, 4) is 5.69 Å². The third kappa shape index (κ3) is 5.35. The number of carbonyl (C=O) groups excluding carboxylic acids is 2. The lowest BCUT2D eigenvalue weighted by Gasteiger charge is -2.18. The number of carbonyl (C=O) groups is 2. The summed E-state index contributed by atoms with van der Waals surface area (Å²) < 4.78 is 1.74. The molecule has 0 aliphatic rings. The molecule has 3 rings (SSSR count). The molecule has 6 nitrogen and oxygen atoms in total. The molecule has 0 radical (unpaired) electrons. The van der Waals surface area contributed by atoms with Crippen molar-refractivity contribution in [2.24, 2.45) is 0 Å². The molecule has 1 atom stereocenters. The van der Waals surface area contributed by atoms with Gasteiger partial charge in [0.15, 0.2) is 0 Å². The molecule has 1 aromatic heterocycles. The van der Waals surface area contributed by atoms with Crippen LogP contribution in [0.25, 0.3) is 5.69 Å². The molecule has 0 bridgehead atoms. The Morgan fingerprint density at radius 1 is 0.933 bits per heavy atom. The number of nitrogens with zero attached hydrogens (tertiary/aromatic N) is 2. The van der Waals surface area contributed by atoms with Gasteiger partial charge in [0.05, 0.1) is 23.8 Å². The van der Waals surface area contributed by atoms with Crippen LogP contribution in [0.4, 0.5) is 5.82 Å². The Morgan fingerprint density at radius 3 is 2.17 bits per heavy atom. The van der Waals surface area contributed by atoms with E-state index >= 15 is 0 Å². The van der Waals surface area contributed by atoms with Crippen molar-refractivity contribution in [3.63, 3.8) is 0 Å². The highest BCUT2D eigenvalue weighted by atomic mass is 16.2. The van der Waals surface area contributed by atoms with E-state index in [1.807, 2.05) is 70.2 Å². The van der Waals surface area contributed by atoms with Crippen LogP contribution in [-0.2, 0) is 9.59 Å². The maximum Gasteiger partial charge on any atom is 0.227 e. The number of aromatic nitrogens is 2. The molecule has 1 heterocycles. The van der Waals surface area contributed by atoms with Gasteiger partial charge in [-0.3, -0.25) is 9.59 Å². The van der Waals surface area contributed by atoms with Crippen LogP contribution in [0, 0.1) is 27.7 Å². The molecule has 156 valence electrons. The first kappa shape index (κ1) is 21.3. The minimum atomic E-state index is -0.401. The van der Waals surface area contributed by atoms with E-state index in [1.165, 1.54) is 6.92 Å². The van der Waals surface area contributed by atoms with E-state index in [0.29, 0.717) is 5.82 Å². The summed E-state index contributed by atoms with van der Waals surface area (Å²) >= 11 is 0. The molecular formula is C24H28N4O2. The number of aryl methyl sites for hydroxylation is 4. The lowest BCUT2D eigenvalue weighted by atomic mass is 10.0. The molecule has 2 N–H and O–H groups in total. The Balaban J connectivity index is 1.82. The standard InChI is InChI=1S/C24H28N4O2/c1-15-6-8-20(9-7-15)22(25-19(5)29)14-24(30)26-23-13-18(4)27-28(23)21-11-16(2)10-17(3)12-21/h6-13,22H,14H2,1-5H3,(H,25,29)(H,26,30).